The highest BCUT2D eigenvalue weighted by Gasteiger charge is 2.40. The van der Waals surface area contributed by atoms with Gasteiger partial charge in [-0.3, -0.25) is 9.59 Å². The Morgan fingerprint density at radius 3 is 2.27 bits per heavy atom. The van der Waals surface area contributed by atoms with Crippen LogP contribution in [0.2, 0.25) is 0 Å². The highest BCUT2D eigenvalue weighted by Crippen LogP contribution is 2.38. The minimum atomic E-state index is -0.481. The number of hydrogen-bond donors (Lipinski definition) is 1. The lowest BCUT2D eigenvalue weighted by atomic mass is 10.1. The van der Waals surface area contributed by atoms with Gasteiger partial charge in [-0.2, -0.15) is 0 Å². The van der Waals surface area contributed by atoms with Crippen LogP contribution in [-0.2, 0) is 9.59 Å². The first kappa shape index (κ1) is 18.2. The summed E-state index contributed by atoms with van der Waals surface area (Å²) >= 11 is 1.12. The third kappa shape index (κ3) is 3.36. The summed E-state index contributed by atoms with van der Waals surface area (Å²) in [5.74, 6) is -0.499. The summed E-state index contributed by atoms with van der Waals surface area (Å²) in [6.45, 7) is -0.123. The molecule has 0 aromatic heterocycles. The number of amides is 2. The Hall–Kier alpha value is -2.64. The Kier molecular flexibility index (Phi) is 5.39. The quantitative estimate of drug-likeness (QED) is 0.789. The molecule has 0 bridgehead atoms. The van der Waals surface area contributed by atoms with Crippen LogP contribution in [0.4, 0.5) is 10.1 Å². The molecule has 2 aromatic carbocycles. The first-order valence-corrected chi connectivity index (χ1v) is 8.82. The first-order valence-electron chi connectivity index (χ1n) is 7.83. The van der Waals surface area contributed by atoms with E-state index in [9.17, 15) is 14.0 Å². The van der Waals surface area contributed by atoms with Crippen LogP contribution < -0.4 is 9.64 Å². The number of ether oxygens (including phenoxy) is 1. The second-order valence-electron chi connectivity index (χ2n) is 5.43. The molecule has 134 valence electrons. The van der Waals surface area contributed by atoms with E-state index < -0.39 is 17.6 Å². The largest absolute Gasteiger partial charge is 0.497 e. The van der Waals surface area contributed by atoms with Gasteiger partial charge in [0.2, 0.25) is 0 Å². The monoisotopic (exact) mass is 373 g/mol. The Labute approximate surface area is 154 Å². The minimum absolute atomic E-state index is 0.123. The number of carbonyl (C=O) groups excluding carboxylic acids is 2. The fourth-order valence-corrected chi connectivity index (χ4v) is 3.49. The number of thioether (sulfide) groups is 1. The van der Waals surface area contributed by atoms with Crippen LogP contribution in [0.25, 0.3) is 5.57 Å². The molecule has 1 heterocycles. The van der Waals surface area contributed by atoms with Crippen molar-refractivity contribution in [1.82, 2.24) is 0 Å². The van der Waals surface area contributed by atoms with E-state index in [1.165, 1.54) is 31.4 Å². The Morgan fingerprint density at radius 2 is 1.69 bits per heavy atom. The van der Waals surface area contributed by atoms with Gasteiger partial charge in [0.15, 0.2) is 0 Å². The number of nitrogens with zero attached hydrogens (tertiary/aromatic N) is 1. The van der Waals surface area contributed by atoms with E-state index in [1.54, 1.807) is 24.3 Å². The second-order valence-corrected chi connectivity index (χ2v) is 6.53. The van der Waals surface area contributed by atoms with Gasteiger partial charge >= 0.3 is 0 Å². The molecule has 2 aromatic rings. The van der Waals surface area contributed by atoms with Crippen LogP contribution in [-0.4, -0.2) is 36.4 Å². The maximum atomic E-state index is 13.2. The molecule has 3 rings (SSSR count). The summed E-state index contributed by atoms with van der Waals surface area (Å²) in [5, 5.41) is 9.11. The van der Waals surface area contributed by atoms with Gasteiger partial charge < -0.3 is 9.84 Å². The van der Waals surface area contributed by atoms with E-state index in [0.717, 1.165) is 16.7 Å². The number of imide groups is 1. The van der Waals surface area contributed by atoms with Gasteiger partial charge in [-0.1, -0.05) is 12.1 Å². The predicted octanol–water partition coefficient (Wildman–Crippen LogP) is 2.84. The lowest BCUT2D eigenvalue weighted by Crippen LogP contribution is -2.31. The number of hydrogen-bond acceptors (Lipinski definition) is 5. The number of aliphatic hydroxyl groups excluding tert-OH is 1. The van der Waals surface area contributed by atoms with Gasteiger partial charge in [0.1, 0.15) is 11.6 Å². The van der Waals surface area contributed by atoms with E-state index in [-0.39, 0.29) is 22.8 Å². The lowest BCUT2D eigenvalue weighted by Gasteiger charge is -2.15. The Morgan fingerprint density at radius 1 is 1.04 bits per heavy atom. The van der Waals surface area contributed by atoms with Gasteiger partial charge in [0.05, 0.1) is 29.9 Å². The summed E-state index contributed by atoms with van der Waals surface area (Å²) in [6.07, 6.45) is 0. The second kappa shape index (κ2) is 7.72. The average Bonchev–Trinajstić information content (AvgIpc) is 2.91. The van der Waals surface area contributed by atoms with Crippen molar-refractivity contribution in [3.63, 3.8) is 0 Å². The summed E-state index contributed by atoms with van der Waals surface area (Å²) in [5.41, 5.74) is 1.14. The number of carbonyl (C=O) groups is 2. The van der Waals surface area contributed by atoms with E-state index in [2.05, 4.69) is 0 Å². The van der Waals surface area contributed by atoms with Gasteiger partial charge in [-0.25, -0.2) is 9.29 Å². The van der Waals surface area contributed by atoms with Crippen molar-refractivity contribution in [3.8, 4) is 5.75 Å². The Bertz CT molecular complexity index is 862. The summed E-state index contributed by atoms with van der Waals surface area (Å²) in [7, 11) is 1.54. The average molecular weight is 373 g/mol. The van der Waals surface area contributed by atoms with Crippen molar-refractivity contribution in [2.75, 3.05) is 24.4 Å². The molecule has 0 radical (unpaired) electrons. The molecule has 26 heavy (non-hydrogen) atoms. The van der Waals surface area contributed by atoms with Crippen molar-refractivity contribution in [1.29, 1.82) is 0 Å². The molecule has 7 heteroatoms. The molecule has 1 aliphatic heterocycles. The minimum Gasteiger partial charge on any atom is -0.497 e. The van der Waals surface area contributed by atoms with Crippen molar-refractivity contribution in [2.45, 2.75) is 0 Å². The van der Waals surface area contributed by atoms with Crippen LogP contribution >= 0.6 is 11.8 Å². The molecule has 0 aliphatic carbocycles. The SMILES string of the molecule is COc1ccc(C2=C(SCCO)C(=O)N(c3ccc(F)cc3)C2=O)cc1. The van der Waals surface area contributed by atoms with E-state index in [1.807, 2.05) is 0 Å². The van der Waals surface area contributed by atoms with Crippen LogP contribution in [0.3, 0.4) is 0 Å². The summed E-state index contributed by atoms with van der Waals surface area (Å²) in [6, 6.07) is 12.0. The van der Waals surface area contributed by atoms with Crippen molar-refractivity contribution in [2.24, 2.45) is 0 Å². The predicted molar refractivity (Wildman–Crippen MR) is 98.4 cm³/mol. The number of methoxy groups -OCH3 is 1. The standard InChI is InChI=1S/C19H16FNO4S/c1-25-15-8-2-12(3-9-15)16-17(26-11-10-22)19(24)21(18(16)23)14-6-4-13(20)5-7-14/h2-9,22H,10-11H2,1H3. The smallest absolute Gasteiger partial charge is 0.272 e. The third-order valence-corrected chi connectivity index (χ3v) is 4.90. The van der Waals surface area contributed by atoms with Crippen LogP contribution in [0.15, 0.2) is 53.4 Å². The summed E-state index contributed by atoms with van der Waals surface area (Å²) in [4.78, 5) is 27.1. The molecule has 2 amide bonds. The maximum Gasteiger partial charge on any atom is 0.272 e. The Balaban J connectivity index is 2.04. The van der Waals surface area contributed by atoms with Crippen molar-refractivity contribution < 1.29 is 23.8 Å². The van der Waals surface area contributed by atoms with Gasteiger partial charge in [-0.05, 0) is 42.0 Å². The van der Waals surface area contributed by atoms with Crippen LogP contribution in [0, 0.1) is 5.82 Å². The highest BCUT2D eigenvalue weighted by molar-refractivity contribution is 8.04. The first-order chi connectivity index (χ1) is 12.6. The zero-order valence-electron chi connectivity index (χ0n) is 13.9. The third-order valence-electron chi connectivity index (χ3n) is 3.84. The fraction of sp³-hybridized carbons (Fsp3) is 0.158. The van der Waals surface area contributed by atoms with Gasteiger partial charge in [-0.15, -0.1) is 11.8 Å². The molecule has 0 fully saturated rings. The van der Waals surface area contributed by atoms with Crippen molar-refractivity contribution >= 4 is 34.8 Å². The number of halogens is 1. The number of anilines is 1. The van der Waals surface area contributed by atoms with Crippen molar-refractivity contribution in [3.05, 3.63) is 64.8 Å². The zero-order chi connectivity index (χ0) is 18.7. The number of aliphatic hydroxyl groups is 1. The normalized spacial score (nSPS) is 14.3. The van der Waals surface area contributed by atoms with Gasteiger partial charge in [0, 0.05) is 5.75 Å². The molecule has 0 atom stereocenters. The van der Waals surface area contributed by atoms with Gasteiger partial charge in [0.25, 0.3) is 11.8 Å². The maximum absolute atomic E-state index is 13.2. The zero-order valence-corrected chi connectivity index (χ0v) is 14.8. The molecular formula is C19H16FNO4S. The van der Waals surface area contributed by atoms with Crippen LogP contribution in [0.1, 0.15) is 5.56 Å². The highest BCUT2D eigenvalue weighted by atomic mass is 32.2. The molecule has 1 aliphatic rings. The molecule has 0 saturated heterocycles. The summed E-state index contributed by atoms with van der Waals surface area (Å²) < 4.78 is 18.3. The molecule has 0 unspecified atom stereocenters. The van der Waals surface area contributed by atoms with Crippen LogP contribution in [0.5, 0.6) is 5.75 Å². The van der Waals surface area contributed by atoms with E-state index in [0.29, 0.717) is 17.0 Å². The number of benzene rings is 2. The molecule has 0 spiro atoms. The molecular weight excluding hydrogens is 357 g/mol. The molecule has 5 nitrogen and oxygen atoms in total. The lowest BCUT2D eigenvalue weighted by molar-refractivity contribution is -0.119. The van der Waals surface area contributed by atoms with E-state index >= 15 is 0 Å². The number of rotatable bonds is 6. The van der Waals surface area contributed by atoms with E-state index in [4.69, 9.17) is 9.84 Å². The topological polar surface area (TPSA) is 66.8 Å². The molecule has 0 saturated carbocycles. The molecule has 1 N–H and O–H groups in total. The fourth-order valence-electron chi connectivity index (χ4n) is 2.63.